The Balaban J connectivity index is 2.01. The predicted molar refractivity (Wildman–Crippen MR) is 122 cm³/mol. The van der Waals surface area contributed by atoms with E-state index in [0.717, 1.165) is 31.2 Å². The molecule has 0 unspecified atom stereocenters. The Morgan fingerprint density at radius 2 is 1.56 bits per heavy atom. The highest BCUT2D eigenvalue weighted by atomic mass is 16.6. The van der Waals surface area contributed by atoms with Gasteiger partial charge in [0, 0.05) is 6.42 Å². The van der Waals surface area contributed by atoms with Gasteiger partial charge < -0.3 is 14.2 Å². The van der Waals surface area contributed by atoms with Crippen LogP contribution >= 0.6 is 0 Å². The Hall–Kier alpha value is -2.89. The van der Waals surface area contributed by atoms with Crippen molar-refractivity contribution in [3.8, 4) is 0 Å². The van der Waals surface area contributed by atoms with Crippen molar-refractivity contribution in [2.45, 2.75) is 39.0 Å². The zero-order valence-corrected chi connectivity index (χ0v) is 19.0. The lowest BCUT2D eigenvalue weighted by atomic mass is 9.54. The van der Waals surface area contributed by atoms with E-state index in [1.165, 1.54) is 7.11 Å². The second-order valence-corrected chi connectivity index (χ2v) is 7.90. The summed E-state index contributed by atoms with van der Waals surface area (Å²) < 4.78 is 15.3. The fourth-order valence-electron chi connectivity index (χ4n) is 4.36. The van der Waals surface area contributed by atoms with Crippen molar-refractivity contribution in [3.63, 3.8) is 0 Å². The third-order valence-electron chi connectivity index (χ3n) is 5.96. The molecule has 1 aromatic rings. The topological polar surface area (TPSA) is 78.9 Å². The van der Waals surface area contributed by atoms with Gasteiger partial charge >= 0.3 is 17.9 Å². The van der Waals surface area contributed by atoms with E-state index in [1.54, 1.807) is 6.92 Å². The third-order valence-corrected chi connectivity index (χ3v) is 5.96. The molecule has 1 aliphatic rings. The molecule has 0 amide bonds. The van der Waals surface area contributed by atoms with Gasteiger partial charge in [0.2, 0.25) is 0 Å². The highest BCUT2D eigenvalue weighted by Crippen LogP contribution is 2.52. The molecular weight excluding hydrogens is 408 g/mol. The van der Waals surface area contributed by atoms with Gasteiger partial charge in [-0.1, -0.05) is 55.5 Å². The Bertz CT molecular complexity index is 785. The number of hydrogen-bond donors (Lipinski definition) is 0. The van der Waals surface area contributed by atoms with Gasteiger partial charge in [0.25, 0.3) is 0 Å². The number of hydrogen-bond acceptors (Lipinski definition) is 6. The standard InChI is InChI=1S/C26H34O6/c1-4-6-15-20-21(16-11-10-14-19-12-8-7-9-13-19)23(25(28)30-3)24(20)26(29)32-18-17-31-22(27)5-2/h4,7-10,12-14,20-21,23-24H,1,5-6,11,15-18H2,2-3H3/b14-10-/t20-,21-,23+,24-/m1/s1. The summed E-state index contributed by atoms with van der Waals surface area (Å²) in [7, 11) is 1.35. The number of benzene rings is 1. The molecule has 174 valence electrons. The number of ether oxygens (including phenoxy) is 3. The molecule has 2 rings (SSSR count). The fourth-order valence-corrected chi connectivity index (χ4v) is 4.36. The summed E-state index contributed by atoms with van der Waals surface area (Å²) in [4.78, 5) is 36.5. The van der Waals surface area contributed by atoms with Crippen molar-refractivity contribution in [2.24, 2.45) is 23.7 Å². The molecule has 0 spiro atoms. The van der Waals surface area contributed by atoms with Crippen molar-refractivity contribution >= 4 is 24.0 Å². The van der Waals surface area contributed by atoms with Gasteiger partial charge in [-0.15, -0.1) is 6.58 Å². The monoisotopic (exact) mass is 442 g/mol. The molecule has 6 nitrogen and oxygen atoms in total. The van der Waals surface area contributed by atoms with Crippen LogP contribution in [0, 0.1) is 23.7 Å². The summed E-state index contributed by atoms with van der Waals surface area (Å²) in [5.41, 5.74) is 1.12. The largest absolute Gasteiger partial charge is 0.469 e. The summed E-state index contributed by atoms with van der Waals surface area (Å²) in [6.07, 6.45) is 9.35. The van der Waals surface area contributed by atoms with E-state index in [1.807, 2.05) is 36.4 Å². The average molecular weight is 443 g/mol. The van der Waals surface area contributed by atoms with Crippen LogP contribution in [0.15, 0.2) is 49.1 Å². The first-order valence-electron chi connectivity index (χ1n) is 11.3. The molecule has 1 aliphatic carbocycles. The second-order valence-electron chi connectivity index (χ2n) is 7.90. The fraction of sp³-hybridized carbons (Fsp3) is 0.500. The van der Waals surface area contributed by atoms with Crippen molar-refractivity contribution in [3.05, 3.63) is 54.6 Å². The summed E-state index contributed by atoms with van der Waals surface area (Å²) in [6, 6.07) is 10.0. The highest BCUT2D eigenvalue weighted by Gasteiger charge is 2.57. The normalized spacial score (nSPS) is 22.1. The van der Waals surface area contributed by atoms with E-state index in [0.29, 0.717) is 0 Å². The van der Waals surface area contributed by atoms with Crippen LogP contribution in [0.5, 0.6) is 0 Å². The summed E-state index contributed by atoms with van der Waals surface area (Å²) >= 11 is 0. The molecule has 0 bridgehead atoms. The second kappa shape index (κ2) is 13.5. The number of esters is 3. The number of carbonyl (C=O) groups is 3. The molecule has 1 saturated carbocycles. The van der Waals surface area contributed by atoms with Crippen LogP contribution in [0.1, 0.15) is 44.6 Å². The van der Waals surface area contributed by atoms with Gasteiger partial charge in [0.1, 0.15) is 13.2 Å². The zero-order chi connectivity index (χ0) is 23.3. The van der Waals surface area contributed by atoms with Crippen molar-refractivity contribution in [2.75, 3.05) is 20.3 Å². The molecule has 1 aromatic carbocycles. The van der Waals surface area contributed by atoms with Gasteiger partial charge in [-0.2, -0.15) is 0 Å². The Kier molecular flexibility index (Phi) is 10.7. The van der Waals surface area contributed by atoms with Gasteiger partial charge in [0.15, 0.2) is 0 Å². The Labute approximate surface area is 190 Å². The molecule has 0 heterocycles. The summed E-state index contributed by atoms with van der Waals surface area (Å²) in [5.74, 6) is -2.16. The van der Waals surface area contributed by atoms with Crippen LogP contribution in [0.25, 0.3) is 6.08 Å². The molecule has 32 heavy (non-hydrogen) atoms. The molecule has 6 heteroatoms. The molecule has 4 atom stereocenters. The molecule has 0 radical (unpaired) electrons. The maximum Gasteiger partial charge on any atom is 0.310 e. The summed E-state index contributed by atoms with van der Waals surface area (Å²) in [5, 5.41) is 0. The minimum atomic E-state index is -0.549. The van der Waals surface area contributed by atoms with Gasteiger partial charge in [-0.05, 0) is 43.1 Å². The number of carbonyl (C=O) groups excluding carboxylic acids is 3. The minimum absolute atomic E-state index is 0.0130. The van der Waals surface area contributed by atoms with E-state index in [9.17, 15) is 14.4 Å². The molecule has 0 N–H and O–H groups in total. The molecular formula is C26H34O6. The zero-order valence-electron chi connectivity index (χ0n) is 19.0. The van der Waals surface area contributed by atoms with Crippen molar-refractivity contribution < 1.29 is 28.6 Å². The van der Waals surface area contributed by atoms with E-state index in [4.69, 9.17) is 14.2 Å². The smallest absolute Gasteiger partial charge is 0.310 e. The van der Waals surface area contributed by atoms with Crippen LogP contribution in [-0.4, -0.2) is 38.2 Å². The van der Waals surface area contributed by atoms with Crippen LogP contribution < -0.4 is 0 Å². The van der Waals surface area contributed by atoms with Gasteiger partial charge in [-0.25, -0.2) is 0 Å². The third kappa shape index (κ3) is 7.08. The number of rotatable bonds is 13. The highest BCUT2D eigenvalue weighted by molar-refractivity contribution is 5.85. The van der Waals surface area contributed by atoms with E-state index in [-0.39, 0.29) is 43.4 Å². The molecule has 1 fully saturated rings. The molecule has 0 aromatic heterocycles. The van der Waals surface area contributed by atoms with E-state index < -0.39 is 17.8 Å². The first-order chi connectivity index (χ1) is 15.5. The van der Waals surface area contributed by atoms with Crippen molar-refractivity contribution in [1.29, 1.82) is 0 Å². The van der Waals surface area contributed by atoms with Crippen LogP contribution in [0.3, 0.4) is 0 Å². The quantitative estimate of drug-likeness (QED) is 0.192. The van der Waals surface area contributed by atoms with E-state index >= 15 is 0 Å². The Morgan fingerprint density at radius 1 is 0.938 bits per heavy atom. The summed E-state index contributed by atoms with van der Waals surface area (Å²) in [6.45, 7) is 5.47. The molecule has 0 saturated heterocycles. The van der Waals surface area contributed by atoms with Crippen molar-refractivity contribution in [1.82, 2.24) is 0 Å². The average Bonchev–Trinajstić information content (AvgIpc) is 2.80. The lowest BCUT2D eigenvalue weighted by Crippen LogP contribution is -2.55. The SMILES string of the molecule is C=CCC[C@@H]1[C@@H](CC/C=C\c2ccccc2)[C@H](C(=O)OC)[C@@H]1C(=O)OCCOC(=O)CC. The first kappa shape index (κ1) is 25.4. The van der Waals surface area contributed by atoms with Gasteiger partial charge in [0.05, 0.1) is 18.9 Å². The Morgan fingerprint density at radius 3 is 2.19 bits per heavy atom. The maximum atomic E-state index is 12.8. The lowest BCUT2D eigenvalue weighted by Gasteiger charge is -2.49. The van der Waals surface area contributed by atoms with Gasteiger partial charge in [-0.3, -0.25) is 14.4 Å². The number of allylic oxidation sites excluding steroid dienone is 2. The van der Waals surface area contributed by atoms with Crippen LogP contribution in [0.2, 0.25) is 0 Å². The first-order valence-corrected chi connectivity index (χ1v) is 11.3. The molecule has 0 aliphatic heterocycles. The predicted octanol–water partition coefficient (Wildman–Crippen LogP) is 4.59. The van der Waals surface area contributed by atoms with Crippen LogP contribution in [0.4, 0.5) is 0 Å². The lowest BCUT2D eigenvalue weighted by molar-refractivity contribution is -0.182. The van der Waals surface area contributed by atoms with Crippen LogP contribution in [-0.2, 0) is 28.6 Å². The minimum Gasteiger partial charge on any atom is -0.469 e. The number of methoxy groups -OCH3 is 1. The van der Waals surface area contributed by atoms with E-state index in [2.05, 4.69) is 18.7 Å². The maximum absolute atomic E-state index is 12.8.